The zero-order valence-electron chi connectivity index (χ0n) is 6.46. The highest BCUT2D eigenvalue weighted by Crippen LogP contribution is 2.23. The lowest BCUT2D eigenvalue weighted by molar-refractivity contribution is 1.30. The maximum atomic E-state index is 5.88. The number of rotatable bonds is 0. The average Bonchev–Trinajstić information content (AvgIpc) is 2.09. The Hall–Kier alpha value is -1.06. The summed E-state index contributed by atoms with van der Waals surface area (Å²) in [5.74, 6) is 0.219. The monoisotopic (exact) mass is 213 g/mol. The fraction of sp³-hybridized carbons (Fsp3) is 0. The summed E-state index contributed by atoms with van der Waals surface area (Å²) in [6, 6.07) is 5.29. The zero-order valence-corrected chi connectivity index (χ0v) is 7.97. The smallest absolute Gasteiger partial charge is 0.171 e. The number of hydrogen-bond donors (Lipinski definition) is 1. The van der Waals surface area contributed by atoms with Crippen molar-refractivity contribution < 1.29 is 0 Å². The molecule has 0 radical (unpaired) electrons. The van der Waals surface area contributed by atoms with Gasteiger partial charge < -0.3 is 5.73 Å². The van der Waals surface area contributed by atoms with E-state index in [1.807, 2.05) is 0 Å². The van der Waals surface area contributed by atoms with Crippen LogP contribution < -0.4 is 5.73 Å². The van der Waals surface area contributed by atoms with Gasteiger partial charge in [-0.05, 0) is 12.1 Å². The van der Waals surface area contributed by atoms with Gasteiger partial charge in [-0.1, -0.05) is 29.3 Å². The summed E-state index contributed by atoms with van der Waals surface area (Å²) in [6.07, 6.45) is 0. The molecule has 66 valence electrons. The number of aromatic nitrogens is 2. The summed E-state index contributed by atoms with van der Waals surface area (Å²) in [5.41, 5.74) is 6.71. The van der Waals surface area contributed by atoms with Crippen molar-refractivity contribution in [3.8, 4) is 0 Å². The molecule has 3 nitrogen and oxygen atoms in total. The Labute approximate surface area is 84.5 Å². The molecule has 0 bridgehead atoms. The first-order valence-corrected chi connectivity index (χ1v) is 4.31. The molecule has 1 aromatic carbocycles. The van der Waals surface area contributed by atoms with E-state index in [1.165, 1.54) is 0 Å². The molecule has 1 aromatic heterocycles. The molecular formula is C8H5Cl2N3. The van der Waals surface area contributed by atoms with Gasteiger partial charge in [-0.3, -0.25) is 0 Å². The highest BCUT2D eigenvalue weighted by atomic mass is 35.5. The standard InChI is InChI=1S/C8H5Cl2N3/c9-4-2-1-3-5-6(4)13-7(10)8(11)12-5/h1-3H,(H2,11,12). The van der Waals surface area contributed by atoms with Gasteiger partial charge in [0.1, 0.15) is 5.52 Å². The molecule has 0 saturated carbocycles. The van der Waals surface area contributed by atoms with Crippen LogP contribution in [-0.4, -0.2) is 9.97 Å². The average molecular weight is 214 g/mol. The largest absolute Gasteiger partial charge is 0.381 e. The van der Waals surface area contributed by atoms with Crippen LogP contribution in [-0.2, 0) is 0 Å². The van der Waals surface area contributed by atoms with Gasteiger partial charge in [0.15, 0.2) is 11.0 Å². The van der Waals surface area contributed by atoms with Crippen LogP contribution in [0.4, 0.5) is 5.82 Å². The second-order valence-electron chi connectivity index (χ2n) is 2.51. The van der Waals surface area contributed by atoms with Crippen LogP contribution in [0.2, 0.25) is 10.2 Å². The zero-order chi connectivity index (χ0) is 9.42. The van der Waals surface area contributed by atoms with Crippen LogP contribution in [0, 0.1) is 0 Å². The van der Waals surface area contributed by atoms with Crippen molar-refractivity contribution in [2.75, 3.05) is 5.73 Å². The molecule has 0 aliphatic heterocycles. The molecule has 0 unspecified atom stereocenters. The van der Waals surface area contributed by atoms with E-state index in [9.17, 15) is 0 Å². The fourth-order valence-electron chi connectivity index (χ4n) is 1.04. The summed E-state index contributed by atoms with van der Waals surface area (Å²) < 4.78 is 0. The Kier molecular flexibility index (Phi) is 1.98. The molecule has 0 amide bonds. The number of halogens is 2. The van der Waals surface area contributed by atoms with Crippen molar-refractivity contribution in [2.24, 2.45) is 0 Å². The van der Waals surface area contributed by atoms with Crippen molar-refractivity contribution in [3.05, 3.63) is 28.4 Å². The summed E-state index contributed by atoms with van der Waals surface area (Å²) in [4.78, 5) is 8.06. The first kappa shape index (κ1) is 8.53. The molecule has 2 rings (SSSR count). The number of para-hydroxylation sites is 1. The van der Waals surface area contributed by atoms with Gasteiger partial charge in [0.25, 0.3) is 0 Å². The quantitative estimate of drug-likeness (QED) is 0.732. The van der Waals surface area contributed by atoms with Crippen LogP contribution in [0.15, 0.2) is 18.2 Å². The van der Waals surface area contributed by atoms with Gasteiger partial charge in [-0.25, -0.2) is 9.97 Å². The summed E-state index contributed by atoms with van der Waals surface area (Å²) >= 11 is 11.6. The minimum atomic E-state index is 0.181. The fourth-order valence-corrected chi connectivity index (χ4v) is 1.37. The Balaban J connectivity index is 2.89. The molecule has 1 heterocycles. The minimum absolute atomic E-state index is 0.181. The molecule has 2 N–H and O–H groups in total. The number of anilines is 1. The first-order chi connectivity index (χ1) is 6.18. The van der Waals surface area contributed by atoms with E-state index in [0.717, 1.165) is 0 Å². The SMILES string of the molecule is Nc1nc2cccc(Cl)c2nc1Cl. The molecule has 5 heteroatoms. The van der Waals surface area contributed by atoms with Crippen LogP contribution in [0.5, 0.6) is 0 Å². The van der Waals surface area contributed by atoms with E-state index in [1.54, 1.807) is 18.2 Å². The third-order valence-electron chi connectivity index (χ3n) is 1.63. The first-order valence-electron chi connectivity index (χ1n) is 3.56. The van der Waals surface area contributed by atoms with E-state index < -0.39 is 0 Å². The maximum Gasteiger partial charge on any atom is 0.171 e. The molecular weight excluding hydrogens is 209 g/mol. The highest BCUT2D eigenvalue weighted by molar-refractivity contribution is 6.36. The number of benzene rings is 1. The number of nitrogen functional groups attached to an aromatic ring is 1. The van der Waals surface area contributed by atoms with E-state index >= 15 is 0 Å². The predicted octanol–water partition coefficient (Wildman–Crippen LogP) is 2.52. The highest BCUT2D eigenvalue weighted by Gasteiger charge is 2.05. The number of hydrogen-bond acceptors (Lipinski definition) is 3. The lowest BCUT2D eigenvalue weighted by atomic mass is 10.3. The van der Waals surface area contributed by atoms with Crippen LogP contribution >= 0.6 is 23.2 Å². The van der Waals surface area contributed by atoms with Gasteiger partial charge >= 0.3 is 0 Å². The third kappa shape index (κ3) is 1.41. The summed E-state index contributed by atoms with van der Waals surface area (Å²) in [6.45, 7) is 0. The summed E-state index contributed by atoms with van der Waals surface area (Å²) in [5, 5.41) is 0.701. The van der Waals surface area contributed by atoms with Crippen molar-refractivity contribution >= 4 is 40.1 Å². The molecule has 13 heavy (non-hydrogen) atoms. The molecule has 0 fully saturated rings. The number of nitrogens with two attached hydrogens (primary N) is 1. The Morgan fingerprint density at radius 3 is 2.69 bits per heavy atom. The van der Waals surface area contributed by atoms with Crippen molar-refractivity contribution in [1.29, 1.82) is 0 Å². The van der Waals surface area contributed by atoms with E-state index in [-0.39, 0.29) is 11.0 Å². The molecule has 2 aromatic rings. The van der Waals surface area contributed by atoms with Crippen LogP contribution in [0.1, 0.15) is 0 Å². The molecule has 0 aliphatic carbocycles. The Bertz CT molecular complexity index is 470. The van der Waals surface area contributed by atoms with Gasteiger partial charge in [-0.2, -0.15) is 0 Å². The normalized spacial score (nSPS) is 10.6. The molecule has 0 spiro atoms. The molecule has 0 atom stereocenters. The topological polar surface area (TPSA) is 51.8 Å². The van der Waals surface area contributed by atoms with Gasteiger partial charge in [0.05, 0.1) is 10.5 Å². The lowest BCUT2D eigenvalue weighted by Gasteiger charge is -2.01. The number of fused-ring (bicyclic) bond motifs is 1. The van der Waals surface area contributed by atoms with Gasteiger partial charge in [0.2, 0.25) is 0 Å². The van der Waals surface area contributed by atoms with E-state index in [4.69, 9.17) is 28.9 Å². The Morgan fingerprint density at radius 1 is 1.15 bits per heavy atom. The van der Waals surface area contributed by atoms with Gasteiger partial charge in [0, 0.05) is 0 Å². The second-order valence-corrected chi connectivity index (χ2v) is 3.27. The predicted molar refractivity (Wildman–Crippen MR) is 54.0 cm³/mol. The minimum Gasteiger partial charge on any atom is -0.381 e. The van der Waals surface area contributed by atoms with Crippen LogP contribution in [0.25, 0.3) is 11.0 Å². The maximum absolute atomic E-state index is 5.88. The van der Waals surface area contributed by atoms with E-state index in [2.05, 4.69) is 9.97 Å². The molecule has 0 saturated heterocycles. The van der Waals surface area contributed by atoms with E-state index in [0.29, 0.717) is 16.1 Å². The number of nitrogens with zero attached hydrogens (tertiary/aromatic N) is 2. The van der Waals surface area contributed by atoms with Crippen molar-refractivity contribution in [3.63, 3.8) is 0 Å². The second kappa shape index (κ2) is 3.01. The molecule has 0 aliphatic rings. The van der Waals surface area contributed by atoms with Crippen molar-refractivity contribution in [2.45, 2.75) is 0 Å². The Morgan fingerprint density at radius 2 is 1.92 bits per heavy atom. The lowest BCUT2D eigenvalue weighted by Crippen LogP contribution is -1.95. The summed E-state index contributed by atoms with van der Waals surface area (Å²) in [7, 11) is 0. The third-order valence-corrected chi connectivity index (χ3v) is 2.21. The van der Waals surface area contributed by atoms with Gasteiger partial charge in [-0.15, -0.1) is 0 Å². The van der Waals surface area contributed by atoms with Crippen molar-refractivity contribution in [1.82, 2.24) is 9.97 Å². The van der Waals surface area contributed by atoms with Crippen LogP contribution in [0.3, 0.4) is 0 Å².